The lowest BCUT2D eigenvalue weighted by atomic mass is 10.3. The summed E-state index contributed by atoms with van der Waals surface area (Å²) in [7, 11) is 0. The van der Waals surface area contributed by atoms with E-state index in [9.17, 15) is 5.21 Å². The van der Waals surface area contributed by atoms with Crippen LogP contribution in [0.1, 0.15) is 6.42 Å². The fourth-order valence-electron chi connectivity index (χ4n) is 0.845. The molecular formula is C5H12N4O2. The number of hydrogen-bond acceptors (Lipinski definition) is 5. The SMILES string of the molecule is NCCC1=CNC(O)N[NH+]1[O-]. The highest BCUT2D eigenvalue weighted by molar-refractivity contribution is 4.91. The molecule has 6 heteroatoms. The zero-order chi connectivity index (χ0) is 8.27. The minimum atomic E-state index is -0.968. The van der Waals surface area contributed by atoms with Crippen LogP contribution < -0.4 is 21.6 Å². The smallest absolute Gasteiger partial charge is 0.225 e. The number of hydroxylamine groups is 1. The minimum absolute atomic E-state index is 0.262. The van der Waals surface area contributed by atoms with Crippen molar-refractivity contribution in [2.75, 3.05) is 6.54 Å². The van der Waals surface area contributed by atoms with Crippen LogP contribution in [-0.4, -0.2) is 18.0 Å². The first-order valence-corrected chi connectivity index (χ1v) is 3.38. The average molecular weight is 160 g/mol. The van der Waals surface area contributed by atoms with E-state index in [1.807, 2.05) is 0 Å². The zero-order valence-corrected chi connectivity index (χ0v) is 6.00. The van der Waals surface area contributed by atoms with Crippen molar-refractivity contribution in [1.82, 2.24) is 10.7 Å². The first-order valence-electron chi connectivity index (χ1n) is 3.38. The van der Waals surface area contributed by atoms with Crippen LogP contribution in [0.15, 0.2) is 11.9 Å². The molecule has 0 amide bonds. The molecule has 0 aromatic carbocycles. The Morgan fingerprint density at radius 1 is 1.82 bits per heavy atom. The average Bonchev–Trinajstić information content (AvgIpc) is 1.95. The van der Waals surface area contributed by atoms with Crippen LogP contribution in [0.4, 0.5) is 0 Å². The highest BCUT2D eigenvalue weighted by atomic mass is 16.6. The highest BCUT2D eigenvalue weighted by Gasteiger charge is 2.15. The van der Waals surface area contributed by atoms with Crippen LogP contribution in [0.25, 0.3) is 0 Å². The van der Waals surface area contributed by atoms with Gasteiger partial charge in [0.2, 0.25) is 6.35 Å². The maximum atomic E-state index is 11.0. The van der Waals surface area contributed by atoms with Crippen LogP contribution in [0.3, 0.4) is 0 Å². The molecular weight excluding hydrogens is 148 g/mol. The molecule has 1 aliphatic heterocycles. The summed E-state index contributed by atoms with van der Waals surface area (Å²) in [6, 6.07) is 0. The summed E-state index contributed by atoms with van der Waals surface area (Å²) in [5.74, 6) is 0. The fraction of sp³-hybridized carbons (Fsp3) is 0.600. The zero-order valence-electron chi connectivity index (χ0n) is 6.00. The molecule has 1 rings (SSSR count). The molecule has 0 fully saturated rings. The molecule has 0 aliphatic carbocycles. The van der Waals surface area contributed by atoms with E-state index >= 15 is 0 Å². The van der Waals surface area contributed by atoms with Gasteiger partial charge in [0.1, 0.15) is 5.70 Å². The molecule has 0 spiro atoms. The Morgan fingerprint density at radius 3 is 3.09 bits per heavy atom. The molecule has 64 valence electrons. The first kappa shape index (κ1) is 8.44. The molecule has 0 radical (unpaired) electrons. The Bertz CT molecular complexity index is 161. The molecule has 0 aromatic rings. The summed E-state index contributed by atoms with van der Waals surface area (Å²) in [4.78, 5) is 0. The molecule has 0 saturated heterocycles. The summed E-state index contributed by atoms with van der Waals surface area (Å²) in [5.41, 5.74) is 8.11. The van der Waals surface area contributed by atoms with Gasteiger partial charge in [0.25, 0.3) is 0 Å². The molecule has 2 unspecified atom stereocenters. The van der Waals surface area contributed by atoms with E-state index in [4.69, 9.17) is 10.8 Å². The predicted molar refractivity (Wildman–Crippen MR) is 38.4 cm³/mol. The Balaban J connectivity index is 2.50. The molecule has 1 aliphatic rings. The summed E-state index contributed by atoms with van der Waals surface area (Å²) < 4.78 is 0. The number of aliphatic hydroxyl groups excluding tert-OH is 1. The van der Waals surface area contributed by atoms with E-state index in [1.165, 1.54) is 6.20 Å². The van der Waals surface area contributed by atoms with Gasteiger partial charge in [-0.3, -0.25) is 5.17 Å². The van der Waals surface area contributed by atoms with Crippen molar-refractivity contribution in [3.8, 4) is 0 Å². The van der Waals surface area contributed by atoms with Crippen molar-refractivity contribution in [1.29, 1.82) is 0 Å². The topological polar surface area (TPSA) is 97.8 Å². The Labute approximate surface area is 64.2 Å². The standard InChI is InChI=1S/C5H12N4O2/c6-2-1-4-3-7-5(10)8-9(4)11/h3,5,7-10H,1-2,6H2. The molecule has 6 N–H and O–H groups in total. The maximum absolute atomic E-state index is 11.0. The number of nitrogens with one attached hydrogen (secondary N) is 3. The molecule has 0 bridgehead atoms. The Kier molecular flexibility index (Phi) is 2.80. The molecule has 11 heavy (non-hydrogen) atoms. The third kappa shape index (κ3) is 2.14. The van der Waals surface area contributed by atoms with Gasteiger partial charge in [0.05, 0.1) is 6.20 Å². The van der Waals surface area contributed by atoms with Crippen molar-refractivity contribution < 1.29 is 10.3 Å². The van der Waals surface area contributed by atoms with E-state index in [0.29, 0.717) is 18.7 Å². The van der Waals surface area contributed by atoms with E-state index in [-0.39, 0.29) is 5.17 Å². The van der Waals surface area contributed by atoms with Crippen LogP contribution in [0, 0.1) is 5.21 Å². The van der Waals surface area contributed by atoms with Crippen molar-refractivity contribution in [3.63, 3.8) is 0 Å². The second kappa shape index (κ2) is 3.65. The van der Waals surface area contributed by atoms with E-state index in [2.05, 4.69) is 10.7 Å². The number of aliphatic hydroxyl groups is 1. The lowest BCUT2D eigenvalue weighted by molar-refractivity contribution is -0.869. The molecule has 1 heterocycles. The van der Waals surface area contributed by atoms with E-state index in [1.54, 1.807) is 0 Å². The predicted octanol–water partition coefficient (Wildman–Crippen LogP) is -3.06. The number of rotatable bonds is 2. The lowest BCUT2D eigenvalue weighted by Gasteiger charge is -2.30. The molecule has 2 atom stereocenters. The van der Waals surface area contributed by atoms with Crippen molar-refractivity contribution in [3.05, 3.63) is 17.1 Å². The number of nitrogens with two attached hydrogens (primary N) is 1. The fourth-order valence-corrected chi connectivity index (χ4v) is 0.845. The Hall–Kier alpha value is -0.660. The summed E-state index contributed by atoms with van der Waals surface area (Å²) >= 11 is 0. The third-order valence-corrected chi connectivity index (χ3v) is 1.39. The minimum Gasteiger partial charge on any atom is -0.608 e. The van der Waals surface area contributed by atoms with Crippen LogP contribution in [-0.2, 0) is 0 Å². The van der Waals surface area contributed by atoms with Gasteiger partial charge in [-0.15, -0.1) is 5.43 Å². The highest BCUT2D eigenvalue weighted by Crippen LogP contribution is 1.89. The maximum Gasteiger partial charge on any atom is 0.225 e. The second-order valence-corrected chi connectivity index (χ2v) is 2.25. The van der Waals surface area contributed by atoms with Crippen LogP contribution in [0.5, 0.6) is 0 Å². The van der Waals surface area contributed by atoms with Crippen molar-refractivity contribution in [2.45, 2.75) is 12.8 Å². The van der Waals surface area contributed by atoms with Crippen LogP contribution >= 0.6 is 0 Å². The van der Waals surface area contributed by atoms with Gasteiger partial charge in [-0.2, -0.15) is 0 Å². The molecule has 0 aromatic heterocycles. The summed E-state index contributed by atoms with van der Waals surface area (Å²) in [6.07, 6.45) is 1.03. The van der Waals surface area contributed by atoms with E-state index in [0.717, 1.165) is 0 Å². The monoisotopic (exact) mass is 160 g/mol. The van der Waals surface area contributed by atoms with Gasteiger partial charge < -0.3 is 21.4 Å². The quantitative estimate of drug-likeness (QED) is 0.276. The normalized spacial score (nSPS) is 31.0. The number of quaternary nitrogens is 1. The van der Waals surface area contributed by atoms with Gasteiger partial charge >= 0.3 is 0 Å². The number of hydrogen-bond donors (Lipinski definition) is 5. The van der Waals surface area contributed by atoms with Gasteiger partial charge in [-0.05, 0) is 0 Å². The largest absolute Gasteiger partial charge is 0.608 e. The van der Waals surface area contributed by atoms with E-state index < -0.39 is 6.35 Å². The summed E-state index contributed by atoms with van der Waals surface area (Å²) in [6.45, 7) is 0.428. The first-order chi connectivity index (χ1) is 5.24. The second-order valence-electron chi connectivity index (χ2n) is 2.25. The van der Waals surface area contributed by atoms with Crippen molar-refractivity contribution >= 4 is 0 Å². The van der Waals surface area contributed by atoms with Gasteiger partial charge in [-0.25, -0.2) is 0 Å². The van der Waals surface area contributed by atoms with Crippen LogP contribution in [0.2, 0.25) is 0 Å². The molecule has 0 saturated carbocycles. The van der Waals surface area contributed by atoms with Gasteiger partial charge in [0.15, 0.2) is 0 Å². The van der Waals surface area contributed by atoms with Gasteiger partial charge in [0, 0.05) is 13.0 Å². The molecule has 6 nitrogen and oxygen atoms in total. The Morgan fingerprint density at radius 2 is 2.55 bits per heavy atom. The van der Waals surface area contributed by atoms with Crippen molar-refractivity contribution in [2.24, 2.45) is 5.73 Å². The summed E-state index contributed by atoms with van der Waals surface area (Å²) in [5, 5.41) is 22.1. The lowest BCUT2D eigenvalue weighted by Crippen LogP contribution is -3.15. The third-order valence-electron chi connectivity index (χ3n) is 1.39. The van der Waals surface area contributed by atoms with Gasteiger partial charge in [-0.1, -0.05) is 0 Å².